The number of nitrogens with one attached hydrogen (secondary N) is 2. The molecule has 1 aromatic carbocycles. The van der Waals surface area contributed by atoms with Crippen molar-refractivity contribution in [1.82, 2.24) is 24.6 Å². The van der Waals surface area contributed by atoms with Gasteiger partial charge in [-0.1, -0.05) is 25.0 Å². The largest absolute Gasteiger partial charge is 0.464 e. The van der Waals surface area contributed by atoms with Gasteiger partial charge in [-0.3, -0.25) is 14.4 Å². The van der Waals surface area contributed by atoms with Crippen molar-refractivity contribution in [2.45, 2.75) is 25.7 Å². The molecular weight excluding hydrogens is 460 g/mol. The zero-order valence-corrected chi connectivity index (χ0v) is 20.2. The second-order valence-electron chi connectivity index (χ2n) is 8.54. The van der Waals surface area contributed by atoms with Gasteiger partial charge < -0.3 is 15.7 Å². The van der Waals surface area contributed by atoms with Gasteiger partial charge in [-0.2, -0.15) is 10.1 Å². The molecule has 36 heavy (non-hydrogen) atoms. The van der Waals surface area contributed by atoms with Crippen molar-refractivity contribution in [2.24, 2.45) is 7.05 Å². The molecule has 2 amide bonds. The lowest BCUT2D eigenvalue weighted by Crippen LogP contribution is -2.25. The number of carboxylic acid groups (broad SMARTS) is 1. The van der Waals surface area contributed by atoms with E-state index in [-0.39, 0.29) is 17.7 Å². The third-order valence-electron chi connectivity index (χ3n) is 5.73. The number of carbonyl (C=O) groups excluding carboxylic acids is 1. The summed E-state index contributed by atoms with van der Waals surface area (Å²) in [5, 5.41) is 19.8. The van der Waals surface area contributed by atoms with E-state index in [1.165, 1.54) is 44.0 Å². The average molecular weight is 491 g/mol. The fraction of sp³-hybridized carbons (Fsp3) is 0.320. The first kappa shape index (κ1) is 24.9. The number of nitrogens with zero attached hydrogens (tertiary/aromatic N) is 6. The van der Waals surface area contributed by atoms with Crippen molar-refractivity contribution in [3.8, 4) is 0 Å². The highest BCUT2D eigenvalue weighted by molar-refractivity contribution is 6.00. The van der Waals surface area contributed by atoms with Crippen molar-refractivity contribution in [1.29, 1.82) is 0 Å². The van der Waals surface area contributed by atoms with E-state index >= 15 is 0 Å². The number of hydrogen-bond donors (Lipinski definition) is 3. The van der Waals surface area contributed by atoms with Gasteiger partial charge in [-0.05, 0) is 44.1 Å². The standard InChI is InChI=1S/C25H30N8O3/c1-31-18-20(17-27-31)29-24-26-12-11-22(30-24)33(25(35)36)21-9-6-8-19(16-21)28-23(34)10-7-15-32-13-4-2-3-5-14-32/h6-12,16-18H,2-5,13-15H2,1H3,(H,28,34)(H,35,36)(H,26,29,30). The van der Waals surface area contributed by atoms with E-state index in [0.29, 0.717) is 17.1 Å². The highest BCUT2D eigenvalue weighted by Gasteiger charge is 2.20. The molecule has 3 N–H and O–H groups in total. The molecule has 1 aliphatic heterocycles. The number of aryl methyl sites for hydroxylation is 1. The molecule has 0 radical (unpaired) electrons. The zero-order chi connectivity index (χ0) is 25.3. The van der Waals surface area contributed by atoms with Crippen molar-refractivity contribution in [3.63, 3.8) is 0 Å². The van der Waals surface area contributed by atoms with Crippen LogP contribution in [0.4, 0.5) is 33.6 Å². The molecule has 1 aliphatic rings. The number of rotatable bonds is 8. The summed E-state index contributed by atoms with van der Waals surface area (Å²) < 4.78 is 1.62. The average Bonchev–Trinajstić information content (AvgIpc) is 3.08. The summed E-state index contributed by atoms with van der Waals surface area (Å²) in [6.45, 7) is 2.85. The van der Waals surface area contributed by atoms with Crippen LogP contribution in [0.2, 0.25) is 0 Å². The lowest BCUT2D eigenvalue weighted by molar-refractivity contribution is -0.111. The van der Waals surface area contributed by atoms with Gasteiger partial charge in [0.1, 0.15) is 5.82 Å². The zero-order valence-electron chi connectivity index (χ0n) is 20.2. The lowest BCUT2D eigenvalue weighted by atomic mass is 10.2. The van der Waals surface area contributed by atoms with Crippen molar-refractivity contribution >= 4 is 40.8 Å². The van der Waals surface area contributed by atoms with E-state index in [4.69, 9.17) is 0 Å². The van der Waals surface area contributed by atoms with E-state index in [0.717, 1.165) is 24.5 Å². The number of anilines is 5. The molecule has 4 rings (SSSR count). The fourth-order valence-electron chi connectivity index (χ4n) is 4.02. The molecule has 11 heteroatoms. The molecule has 0 unspecified atom stereocenters. The maximum Gasteiger partial charge on any atom is 0.417 e. The van der Waals surface area contributed by atoms with E-state index in [1.807, 2.05) is 6.08 Å². The monoisotopic (exact) mass is 490 g/mol. The molecule has 0 atom stereocenters. The SMILES string of the molecule is Cn1cc(Nc2nccc(N(C(=O)O)c3cccc(NC(=O)C=CCN4CCCCCC4)c3)n2)cn1. The van der Waals surface area contributed by atoms with Crippen molar-refractivity contribution < 1.29 is 14.7 Å². The topological polar surface area (TPSA) is 129 Å². The predicted molar refractivity (Wildman–Crippen MR) is 138 cm³/mol. The molecular formula is C25H30N8O3. The van der Waals surface area contributed by atoms with Crippen LogP contribution in [-0.4, -0.2) is 61.4 Å². The van der Waals surface area contributed by atoms with Crippen LogP contribution in [-0.2, 0) is 11.8 Å². The minimum Gasteiger partial charge on any atom is -0.464 e. The lowest BCUT2D eigenvalue weighted by Gasteiger charge is -2.19. The molecule has 1 saturated heterocycles. The first-order chi connectivity index (χ1) is 17.5. The summed E-state index contributed by atoms with van der Waals surface area (Å²) >= 11 is 0. The third-order valence-corrected chi connectivity index (χ3v) is 5.73. The molecule has 3 heterocycles. The number of amides is 2. The van der Waals surface area contributed by atoms with Crippen LogP contribution >= 0.6 is 0 Å². The summed E-state index contributed by atoms with van der Waals surface area (Å²) in [6.07, 6.45) is 11.9. The molecule has 11 nitrogen and oxygen atoms in total. The van der Waals surface area contributed by atoms with Crippen LogP contribution < -0.4 is 15.5 Å². The van der Waals surface area contributed by atoms with E-state index in [9.17, 15) is 14.7 Å². The van der Waals surface area contributed by atoms with Crippen molar-refractivity contribution in [2.75, 3.05) is 35.2 Å². The molecule has 1 fully saturated rings. The maximum atomic E-state index is 12.4. The van der Waals surface area contributed by atoms with E-state index in [1.54, 1.807) is 48.4 Å². The van der Waals surface area contributed by atoms with Crippen LogP contribution in [0.1, 0.15) is 25.7 Å². The summed E-state index contributed by atoms with van der Waals surface area (Å²) in [6, 6.07) is 8.11. The summed E-state index contributed by atoms with van der Waals surface area (Å²) in [7, 11) is 1.78. The maximum absolute atomic E-state index is 12.4. The van der Waals surface area contributed by atoms with Gasteiger partial charge in [-0.25, -0.2) is 14.7 Å². The van der Waals surface area contributed by atoms with Crippen LogP contribution in [0, 0.1) is 0 Å². The van der Waals surface area contributed by atoms with Gasteiger partial charge in [0, 0.05) is 43.8 Å². The highest BCUT2D eigenvalue weighted by Crippen LogP contribution is 2.27. The third kappa shape index (κ3) is 6.89. The summed E-state index contributed by atoms with van der Waals surface area (Å²) in [5.41, 5.74) is 1.48. The minimum absolute atomic E-state index is 0.157. The second-order valence-corrected chi connectivity index (χ2v) is 8.54. The highest BCUT2D eigenvalue weighted by atomic mass is 16.4. The van der Waals surface area contributed by atoms with Gasteiger partial charge in [0.25, 0.3) is 0 Å². The first-order valence-corrected chi connectivity index (χ1v) is 11.9. The van der Waals surface area contributed by atoms with Gasteiger partial charge in [0.15, 0.2) is 0 Å². The number of aromatic nitrogens is 4. The van der Waals surface area contributed by atoms with Crippen LogP contribution in [0.15, 0.2) is 61.1 Å². The Kier molecular flexibility index (Phi) is 8.24. The second kappa shape index (κ2) is 11.9. The molecule has 3 aromatic rings. The number of carbonyl (C=O) groups is 2. The molecule has 0 aliphatic carbocycles. The predicted octanol–water partition coefficient (Wildman–Crippen LogP) is 4.14. The Bertz CT molecular complexity index is 1220. The normalized spacial score (nSPS) is 14.4. The molecule has 2 aromatic heterocycles. The van der Waals surface area contributed by atoms with Gasteiger partial charge in [0.2, 0.25) is 11.9 Å². The Morgan fingerprint density at radius 3 is 2.67 bits per heavy atom. The number of benzene rings is 1. The van der Waals surface area contributed by atoms with Crippen LogP contribution in [0.25, 0.3) is 0 Å². The fourth-order valence-corrected chi connectivity index (χ4v) is 4.02. The van der Waals surface area contributed by atoms with Gasteiger partial charge in [0.05, 0.1) is 17.6 Å². The Labute approximate surface area is 209 Å². The smallest absolute Gasteiger partial charge is 0.417 e. The molecule has 0 spiro atoms. The van der Waals surface area contributed by atoms with Crippen LogP contribution in [0.3, 0.4) is 0 Å². The van der Waals surface area contributed by atoms with Gasteiger partial charge in [-0.15, -0.1) is 0 Å². The molecule has 0 saturated carbocycles. The summed E-state index contributed by atoms with van der Waals surface area (Å²) in [5.74, 6) is 0.115. The molecule has 188 valence electrons. The minimum atomic E-state index is -1.22. The molecule has 0 bridgehead atoms. The Morgan fingerprint density at radius 2 is 1.94 bits per heavy atom. The number of likely N-dealkylation sites (tertiary alicyclic amines) is 1. The Morgan fingerprint density at radius 1 is 1.14 bits per heavy atom. The first-order valence-electron chi connectivity index (χ1n) is 11.9. The summed E-state index contributed by atoms with van der Waals surface area (Å²) in [4.78, 5) is 36.5. The number of hydrogen-bond acceptors (Lipinski definition) is 7. The Hall–Kier alpha value is -4.25. The van der Waals surface area contributed by atoms with Crippen molar-refractivity contribution in [3.05, 3.63) is 61.1 Å². The van der Waals surface area contributed by atoms with E-state index < -0.39 is 6.09 Å². The van der Waals surface area contributed by atoms with Crippen LogP contribution in [0.5, 0.6) is 0 Å². The Balaban J connectivity index is 1.44. The van der Waals surface area contributed by atoms with Gasteiger partial charge >= 0.3 is 6.09 Å². The quantitative estimate of drug-likeness (QED) is 0.402. The van der Waals surface area contributed by atoms with E-state index in [2.05, 4.69) is 30.6 Å².